The van der Waals surface area contributed by atoms with Crippen molar-refractivity contribution in [2.75, 3.05) is 27.4 Å². The lowest BCUT2D eigenvalue weighted by molar-refractivity contribution is -0.328. The summed E-state index contributed by atoms with van der Waals surface area (Å²) in [4.78, 5) is 68.0. The normalized spacial score (nSPS) is 32.2. The molecule has 3 aromatic rings. The molecule has 7 rings (SSSR count). The molecule has 0 N–H and O–H groups in total. The van der Waals surface area contributed by atoms with E-state index in [4.69, 9.17) is 61.6 Å². The first-order valence-electron chi connectivity index (χ1n) is 30.7. The highest BCUT2D eigenvalue weighted by Gasteiger charge is 2.54. The van der Waals surface area contributed by atoms with E-state index in [1.165, 1.54) is 33.1 Å². The lowest BCUT2D eigenvalue weighted by Gasteiger charge is -2.47. The van der Waals surface area contributed by atoms with Crippen LogP contribution in [-0.2, 0) is 93.9 Å². The number of nitrogens with zero attached hydrogens (tertiary/aromatic N) is 2. The predicted molar refractivity (Wildman–Crippen MR) is 318 cm³/mol. The zero-order chi connectivity index (χ0) is 65.3. The maximum Gasteiger partial charge on any atom is 0.468 e. The zero-order valence-corrected chi connectivity index (χ0v) is 53.5. The standard InChI is InChI=1S/C39H55NO10.C27H36F3NO8/c1-25-26(2)34(48-30(6)41)38(47-29(25)5)49-33-27(3)28(4)37(50-35(33)36(42)44-7)45-22-16-10-15-21-40(23-31-17-11-8-12-18-31)39(43)46-24-32-19-13-9-14-20-32;1-13-14(2)21(36-18(6)32)25(35-17(13)5)37-20-15(3)16(4)24(38-22(20)23(33)34-7)39-26(27(28,29)30)31-19-11-9-8-10-12-19/h8-9,11-14,17-20,25-29,33-35,37-38H,10,15-16,21-24H2,1-7H3;8-17,20-22,24-25H,1-7H3/t25-,26?,27-,28?,29+,33-,34?,35?,37+,38+;13-,14?,15-,16?,17+,20-,21?,22?,24?,25+/m11/s1. The van der Waals surface area contributed by atoms with Crippen LogP contribution < -0.4 is 0 Å². The van der Waals surface area contributed by atoms with Gasteiger partial charge in [0.1, 0.15) is 18.8 Å². The zero-order valence-electron chi connectivity index (χ0n) is 53.5. The molecule has 4 aliphatic heterocycles. The summed E-state index contributed by atoms with van der Waals surface area (Å²) in [5, 5.41) is 0. The third-order valence-corrected chi connectivity index (χ3v) is 17.7. The number of benzene rings is 3. The first-order valence-corrected chi connectivity index (χ1v) is 30.7. The Labute approximate surface area is 520 Å². The summed E-state index contributed by atoms with van der Waals surface area (Å²) in [6.45, 7) is 23.3. The molecule has 494 valence electrons. The lowest BCUT2D eigenvalue weighted by atomic mass is 9.82. The maximum absolute atomic E-state index is 13.9. The van der Waals surface area contributed by atoms with Gasteiger partial charge in [-0.05, 0) is 80.0 Å². The fourth-order valence-electron chi connectivity index (χ4n) is 11.2. The van der Waals surface area contributed by atoms with Gasteiger partial charge in [0, 0.05) is 57.2 Å². The van der Waals surface area contributed by atoms with Crippen molar-refractivity contribution in [1.82, 2.24) is 4.90 Å². The van der Waals surface area contributed by atoms with Crippen molar-refractivity contribution in [3.8, 4) is 0 Å². The van der Waals surface area contributed by atoms with Crippen molar-refractivity contribution in [2.45, 2.75) is 196 Å². The second kappa shape index (κ2) is 33.7. The summed E-state index contributed by atoms with van der Waals surface area (Å²) >= 11 is 0. The van der Waals surface area contributed by atoms with Crippen molar-refractivity contribution in [3.63, 3.8) is 0 Å². The molecular weight excluding hydrogens is 1170 g/mol. The van der Waals surface area contributed by atoms with Gasteiger partial charge >= 0.3 is 36.1 Å². The van der Waals surface area contributed by atoms with Crippen LogP contribution in [0.2, 0.25) is 0 Å². The quantitative estimate of drug-likeness (QED) is 0.0318. The van der Waals surface area contributed by atoms with Gasteiger partial charge in [-0.2, -0.15) is 13.2 Å². The Morgan fingerprint density at radius 3 is 1.40 bits per heavy atom. The number of aliphatic imine (C=N–C) groups is 1. The number of rotatable bonds is 21. The van der Waals surface area contributed by atoms with E-state index >= 15 is 0 Å². The molecule has 0 aliphatic carbocycles. The van der Waals surface area contributed by atoms with Crippen LogP contribution in [-0.4, -0.2) is 148 Å². The molecule has 0 spiro atoms. The number of para-hydroxylation sites is 1. The number of ether oxygens (including phenoxy) is 13. The van der Waals surface area contributed by atoms with Crippen molar-refractivity contribution in [3.05, 3.63) is 102 Å². The molecule has 0 radical (unpaired) electrons. The van der Waals surface area contributed by atoms with Gasteiger partial charge in [-0.25, -0.2) is 19.4 Å². The fourth-order valence-corrected chi connectivity index (χ4v) is 11.2. The summed E-state index contributed by atoms with van der Waals surface area (Å²) in [6.07, 6.45) is -13.1. The molecule has 20 nitrogen and oxygen atoms in total. The van der Waals surface area contributed by atoms with Gasteiger partial charge in [0.15, 0.2) is 43.3 Å². The lowest BCUT2D eigenvalue weighted by Crippen LogP contribution is -2.59. The highest BCUT2D eigenvalue weighted by Crippen LogP contribution is 2.42. The van der Waals surface area contributed by atoms with E-state index in [-0.39, 0.29) is 66.1 Å². The molecular formula is C66H91F3N2O18. The highest BCUT2D eigenvalue weighted by atomic mass is 19.4. The Hall–Kier alpha value is -6.21. The first kappa shape index (κ1) is 71.9. The highest BCUT2D eigenvalue weighted by molar-refractivity contribution is 5.84. The van der Waals surface area contributed by atoms with Crippen LogP contribution in [0.4, 0.5) is 23.7 Å². The van der Waals surface area contributed by atoms with Gasteiger partial charge in [-0.15, -0.1) is 0 Å². The molecule has 4 heterocycles. The van der Waals surface area contributed by atoms with Crippen LogP contribution in [0.1, 0.15) is 113 Å². The Bertz CT molecular complexity index is 2730. The summed E-state index contributed by atoms with van der Waals surface area (Å²) < 4.78 is 117. The second-order valence-electron chi connectivity index (χ2n) is 23.8. The second-order valence-corrected chi connectivity index (χ2v) is 23.8. The largest absolute Gasteiger partial charge is 0.468 e. The Balaban J connectivity index is 0.000000293. The number of carbonyl (C=O) groups is 5. The predicted octanol–water partition coefficient (Wildman–Crippen LogP) is 11.3. The number of carbonyl (C=O) groups excluding carboxylic acids is 5. The smallest absolute Gasteiger partial charge is 0.467 e. The molecule has 4 saturated heterocycles. The van der Waals surface area contributed by atoms with Crippen LogP contribution in [0.25, 0.3) is 0 Å². The summed E-state index contributed by atoms with van der Waals surface area (Å²) in [5.74, 6) is -5.49. The van der Waals surface area contributed by atoms with E-state index in [0.717, 1.165) is 37.5 Å². The summed E-state index contributed by atoms with van der Waals surface area (Å²) in [7, 11) is 2.44. The Morgan fingerprint density at radius 1 is 0.506 bits per heavy atom. The van der Waals surface area contributed by atoms with Gasteiger partial charge in [-0.3, -0.25) is 9.59 Å². The molecule has 89 heavy (non-hydrogen) atoms. The molecule has 0 saturated carbocycles. The number of hydrogen-bond acceptors (Lipinski definition) is 19. The van der Waals surface area contributed by atoms with E-state index < -0.39 is 110 Å². The van der Waals surface area contributed by atoms with Crippen molar-refractivity contribution in [1.29, 1.82) is 0 Å². The first-order chi connectivity index (χ1) is 42.2. The number of amides is 1. The van der Waals surface area contributed by atoms with E-state index in [0.29, 0.717) is 19.7 Å². The Morgan fingerprint density at radius 2 is 0.944 bits per heavy atom. The molecule has 1 amide bonds. The summed E-state index contributed by atoms with van der Waals surface area (Å²) in [5.41, 5.74) is 2.00. The summed E-state index contributed by atoms with van der Waals surface area (Å²) in [6, 6.07) is 27.0. The van der Waals surface area contributed by atoms with E-state index in [1.807, 2.05) is 109 Å². The van der Waals surface area contributed by atoms with Gasteiger partial charge in [0.25, 0.3) is 5.90 Å². The van der Waals surface area contributed by atoms with Crippen molar-refractivity contribution < 1.29 is 98.7 Å². The number of methoxy groups -OCH3 is 2. The van der Waals surface area contributed by atoms with Crippen molar-refractivity contribution in [2.24, 2.45) is 52.3 Å². The van der Waals surface area contributed by atoms with Crippen LogP contribution in [0.15, 0.2) is 96.0 Å². The van der Waals surface area contributed by atoms with Gasteiger partial charge < -0.3 is 66.5 Å². The Kier molecular flexibility index (Phi) is 27.2. The number of alkyl halides is 3. The average molecular weight is 1260 g/mol. The number of esters is 4. The number of unbranched alkanes of at least 4 members (excludes halogenated alkanes) is 2. The number of halogens is 3. The van der Waals surface area contributed by atoms with Crippen LogP contribution >= 0.6 is 0 Å². The van der Waals surface area contributed by atoms with E-state index in [1.54, 1.807) is 36.9 Å². The maximum atomic E-state index is 13.9. The fraction of sp³-hybridized carbons (Fsp3) is 0.636. The number of hydrogen-bond donors (Lipinski definition) is 0. The molecule has 23 heteroatoms. The third kappa shape index (κ3) is 19.9. The third-order valence-electron chi connectivity index (χ3n) is 17.7. The SMILES string of the molecule is COC(=O)C1OC(OC(=Nc2ccccc2)C(F)(F)F)C(C)[C@@H](C)[C@H]1O[C@@H]1O[C@@H](C)[C@H](C)C(C)C1OC(C)=O.COC(=O)C1O[C@H](OCCCCCN(Cc2ccccc2)C(=O)OCc2ccccc2)C(C)[C@@H](C)[C@H]1O[C@@H]1O[C@@H](C)[C@H](C)C(C)C1OC(C)=O. The average Bonchev–Trinajstić information content (AvgIpc) is 0.890. The van der Waals surface area contributed by atoms with Gasteiger partial charge in [0.2, 0.25) is 6.29 Å². The minimum absolute atomic E-state index is 0.0251. The van der Waals surface area contributed by atoms with Crippen LogP contribution in [0.3, 0.4) is 0 Å². The molecule has 4 fully saturated rings. The minimum Gasteiger partial charge on any atom is -0.467 e. The van der Waals surface area contributed by atoms with Crippen molar-refractivity contribution >= 4 is 41.6 Å². The van der Waals surface area contributed by atoms with E-state index in [9.17, 15) is 37.1 Å². The topological polar surface area (TPSA) is 221 Å². The monoisotopic (exact) mass is 1260 g/mol. The molecule has 3 aromatic carbocycles. The van der Waals surface area contributed by atoms with Crippen LogP contribution in [0.5, 0.6) is 0 Å². The molecule has 0 aromatic heterocycles. The minimum atomic E-state index is -4.92. The molecule has 9 unspecified atom stereocenters. The molecule has 0 bridgehead atoms. The van der Waals surface area contributed by atoms with Crippen LogP contribution in [0, 0.1) is 47.3 Å². The molecule has 4 aliphatic rings. The molecule has 20 atom stereocenters. The van der Waals surface area contributed by atoms with E-state index in [2.05, 4.69) is 11.9 Å². The van der Waals surface area contributed by atoms with Gasteiger partial charge in [0.05, 0.1) is 32.1 Å². The van der Waals surface area contributed by atoms with Gasteiger partial charge in [-0.1, -0.05) is 134 Å².